The van der Waals surface area contributed by atoms with E-state index in [1.165, 1.54) is 0 Å². The van der Waals surface area contributed by atoms with Gasteiger partial charge in [0.15, 0.2) is 0 Å². The smallest absolute Gasteiger partial charge is 0.225 e. The third-order valence-electron chi connectivity index (χ3n) is 8.30. The predicted octanol–water partition coefficient (Wildman–Crippen LogP) is 4.52. The molecule has 2 fully saturated rings. The fourth-order valence-corrected chi connectivity index (χ4v) is 6.08. The van der Waals surface area contributed by atoms with Crippen LogP contribution in [0.3, 0.4) is 0 Å². The summed E-state index contributed by atoms with van der Waals surface area (Å²) in [6, 6.07) is 15.3. The maximum atomic E-state index is 13.4. The van der Waals surface area contributed by atoms with Gasteiger partial charge in [0.1, 0.15) is 11.5 Å². The number of ether oxygens (including phenoxy) is 2. The van der Waals surface area contributed by atoms with E-state index in [1.54, 1.807) is 0 Å². The lowest BCUT2D eigenvalue weighted by Gasteiger charge is -2.44. The van der Waals surface area contributed by atoms with Gasteiger partial charge in [-0.1, -0.05) is 36.4 Å². The molecule has 1 aliphatic heterocycles. The number of likely N-dealkylation sites (tertiary alicyclic amines) is 1. The molecule has 1 unspecified atom stereocenters. The van der Waals surface area contributed by atoms with Crippen LogP contribution in [-0.4, -0.2) is 59.5 Å². The summed E-state index contributed by atoms with van der Waals surface area (Å²) in [5, 5.41) is 22.6. The van der Waals surface area contributed by atoms with Gasteiger partial charge in [-0.15, -0.1) is 0 Å². The van der Waals surface area contributed by atoms with Gasteiger partial charge in [0.2, 0.25) is 5.91 Å². The van der Waals surface area contributed by atoms with E-state index in [-0.39, 0.29) is 23.8 Å². The number of hydrogen-bond acceptors (Lipinski definition) is 6. The van der Waals surface area contributed by atoms with Crippen molar-refractivity contribution in [2.24, 2.45) is 17.6 Å². The number of nitrogens with two attached hydrogens (primary N) is 1. The number of aliphatic hydroxyl groups is 2. The van der Waals surface area contributed by atoms with Gasteiger partial charge in [-0.3, -0.25) is 4.79 Å². The van der Waals surface area contributed by atoms with Crippen molar-refractivity contribution in [3.05, 3.63) is 59.7 Å². The van der Waals surface area contributed by atoms with Crippen molar-refractivity contribution in [1.29, 1.82) is 0 Å². The van der Waals surface area contributed by atoms with E-state index in [1.807, 2.05) is 67.3 Å². The molecule has 0 radical (unpaired) electrons. The fraction of sp³-hybridized carbons (Fsp3) is 0.581. The average Bonchev–Trinajstić information content (AvgIpc) is 3.27. The molecule has 0 bridgehead atoms. The molecule has 7 heteroatoms. The van der Waals surface area contributed by atoms with Crippen LogP contribution in [0.1, 0.15) is 63.0 Å². The van der Waals surface area contributed by atoms with Crippen LogP contribution in [0.4, 0.5) is 0 Å². The van der Waals surface area contributed by atoms with Crippen molar-refractivity contribution >= 4 is 5.91 Å². The Morgan fingerprint density at radius 2 is 1.84 bits per heavy atom. The average molecular weight is 525 g/mol. The van der Waals surface area contributed by atoms with E-state index in [0.717, 1.165) is 42.6 Å². The minimum atomic E-state index is -1.17. The molecule has 1 saturated heterocycles. The Hall–Kier alpha value is -2.45. The van der Waals surface area contributed by atoms with Crippen LogP contribution in [0.25, 0.3) is 0 Å². The highest BCUT2D eigenvalue weighted by molar-refractivity contribution is 5.79. The summed E-state index contributed by atoms with van der Waals surface area (Å²) in [7, 11) is 0. The molecule has 1 amide bonds. The molecule has 0 aromatic heterocycles. The van der Waals surface area contributed by atoms with E-state index in [0.29, 0.717) is 51.3 Å². The van der Waals surface area contributed by atoms with Crippen molar-refractivity contribution in [2.75, 3.05) is 26.3 Å². The number of hydrogen-bond donors (Lipinski definition) is 3. The third kappa shape index (κ3) is 6.57. The normalized spacial score (nSPS) is 25.2. The number of aryl methyl sites for hydroxylation is 1. The molecule has 1 saturated carbocycles. The quantitative estimate of drug-likeness (QED) is 0.374. The second-order valence-corrected chi connectivity index (χ2v) is 11.0. The number of piperidine rings is 1. The van der Waals surface area contributed by atoms with E-state index in [9.17, 15) is 15.0 Å². The number of carbonyl (C=O) groups excluding carboxylic acids is 1. The molecule has 4 N–H and O–H groups in total. The third-order valence-corrected chi connectivity index (χ3v) is 8.30. The van der Waals surface area contributed by atoms with E-state index < -0.39 is 11.7 Å². The van der Waals surface area contributed by atoms with Crippen molar-refractivity contribution in [3.63, 3.8) is 0 Å². The number of rotatable bonds is 11. The maximum Gasteiger partial charge on any atom is 0.225 e. The number of aliphatic hydroxyl groups excluding tert-OH is 1. The van der Waals surface area contributed by atoms with Crippen LogP contribution < -0.4 is 10.5 Å². The van der Waals surface area contributed by atoms with Gasteiger partial charge in [0.25, 0.3) is 0 Å². The van der Waals surface area contributed by atoms with E-state index >= 15 is 0 Å². The molecule has 5 atom stereocenters. The van der Waals surface area contributed by atoms with Crippen LogP contribution in [0.5, 0.6) is 11.5 Å². The van der Waals surface area contributed by atoms with Crippen LogP contribution in [0.15, 0.2) is 48.5 Å². The van der Waals surface area contributed by atoms with Gasteiger partial charge in [0, 0.05) is 49.7 Å². The maximum absolute atomic E-state index is 13.4. The lowest BCUT2D eigenvalue weighted by Crippen LogP contribution is -2.49. The molecular weight excluding hydrogens is 480 g/mol. The SMILES string of the molecule is CCOCCCC[C@@](O)(c1ccccc1Oc1ccccc1C)C1CCCN(C(=O)[C@H]2C[C@@H](N)[C@@H](O)C2)C1. The summed E-state index contributed by atoms with van der Waals surface area (Å²) in [4.78, 5) is 15.3. The van der Waals surface area contributed by atoms with Crippen molar-refractivity contribution in [2.45, 2.75) is 76.5 Å². The number of nitrogens with zero attached hydrogens (tertiary/aromatic N) is 1. The minimum Gasteiger partial charge on any atom is -0.457 e. The fourth-order valence-electron chi connectivity index (χ4n) is 6.08. The Morgan fingerprint density at radius 1 is 1.11 bits per heavy atom. The standard InChI is InChI=1S/C31H44N2O5/c1-3-37-18-9-8-16-31(36,25-13-5-7-15-29(25)38-28-14-6-4-11-22(28)2)24-12-10-17-33(21-24)30(35)23-19-26(32)27(34)20-23/h4-7,11,13-15,23-24,26-27,34,36H,3,8-10,12,16-21,32H2,1-2H3/t23-,24?,26+,27-,31-/m0/s1. The zero-order valence-corrected chi connectivity index (χ0v) is 22.9. The van der Waals surface area contributed by atoms with Crippen LogP contribution >= 0.6 is 0 Å². The summed E-state index contributed by atoms with van der Waals surface area (Å²) < 4.78 is 11.9. The zero-order valence-electron chi connectivity index (χ0n) is 22.9. The van der Waals surface area contributed by atoms with E-state index in [2.05, 4.69) is 0 Å². The number of amides is 1. The number of para-hydroxylation sites is 2. The van der Waals surface area contributed by atoms with Gasteiger partial charge in [-0.2, -0.15) is 0 Å². The van der Waals surface area contributed by atoms with Crippen LogP contribution in [0.2, 0.25) is 0 Å². The molecular formula is C31H44N2O5. The first-order valence-electron chi connectivity index (χ1n) is 14.2. The lowest BCUT2D eigenvalue weighted by molar-refractivity contribution is -0.141. The number of carbonyl (C=O) groups is 1. The first-order chi connectivity index (χ1) is 18.3. The Bertz CT molecular complexity index is 1050. The van der Waals surface area contributed by atoms with E-state index in [4.69, 9.17) is 15.2 Å². The number of benzene rings is 2. The van der Waals surface area contributed by atoms with Gasteiger partial charge < -0.3 is 30.3 Å². The molecule has 1 aliphatic carbocycles. The van der Waals surface area contributed by atoms with Crippen molar-refractivity contribution in [3.8, 4) is 11.5 Å². The van der Waals surface area contributed by atoms with Crippen molar-refractivity contribution in [1.82, 2.24) is 4.90 Å². The minimum absolute atomic E-state index is 0.0461. The largest absolute Gasteiger partial charge is 0.457 e. The molecule has 2 aliphatic rings. The Morgan fingerprint density at radius 3 is 2.55 bits per heavy atom. The first-order valence-corrected chi connectivity index (χ1v) is 14.2. The van der Waals surface area contributed by atoms with Gasteiger partial charge in [-0.25, -0.2) is 0 Å². The summed E-state index contributed by atoms with van der Waals surface area (Å²) >= 11 is 0. The second kappa shape index (κ2) is 13.1. The molecule has 208 valence electrons. The van der Waals surface area contributed by atoms with Gasteiger partial charge in [-0.05, 0) is 76.5 Å². The predicted molar refractivity (Wildman–Crippen MR) is 148 cm³/mol. The van der Waals surface area contributed by atoms with Crippen LogP contribution in [-0.2, 0) is 15.1 Å². The summed E-state index contributed by atoms with van der Waals surface area (Å²) in [5.41, 5.74) is 6.62. The molecule has 4 rings (SSSR count). The summed E-state index contributed by atoms with van der Waals surface area (Å²) in [6.07, 6.45) is 4.13. The molecule has 38 heavy (non-hydrogen) atoms. The molecule has 2 aromatic rings. The van der Waals surface area contributed by atoms with Crippen molar-refractivity contribution < 1.29 is 24.5 Å². The highest BCUT2D eigenvalue weighted by atomic mass is 16.5. The number of unbranched alkanes of at least 4 members (excludes halogenated alkanes) is 1. The molecule has 0 spiro atoms. The summed E-state index contributed by atoms with van der Waals surface area (Å²) in [6.45, 7) is 6.47. The van der Waals surface area contributed by atoms with Gasteiger partial charge >= 0.3 is 0 Å². The Labute approximate surface area is 226 Å². The Balaban J connectivity index is 1.60. The summed E-state index contributed by atoms with van der Waals surface area (Å²) in [5.74, 6) is 1.05. The second-order valence-electron chi connectivity index (χ2n) is 11.0. The molecule has 2 aromatic carbocycles. The topological polar surface area (TPSA) is 105 Å². The lowest BCUT2D eigenvalue weighted by atomic mass is 9.73. The zero-order chi connectivity index (χ0) is 27.1. The highest BCUT2D eigenvalue weighted by Crippen LogP contribution is 2.45. The van der Waals surface area contributed by atoms with Crippen LogP contribution in [0, 0.1) is 18.8 Å². The van der Waals surface area contributed by atoms with Gasteiger partial charge in [0.05, 0.1) is 11.7 Å². The first kappa shape index (κ1) is 28.6. The molecule has 7 nitrogen and oxygen atoms in total. The monoisotopic (exact) mass is 524 g/mol. The highest BCUT2D eigenvalue weighted by Gasteiger charge is 2.44. The molecule has 1 heterocycles. The Kier molecular flexibility index (Phi) is 9.82.